The lowest BCUT2D eigenvalue weighted by molar-refractivity contribution is -0.153. The molecule has 1 unspecified atom stereocenters. The van der Waals surface area contributed by atoms with Gasteiger partial charge in [0.15, 0.2) is 6.10 Å². The Labute approximate surface area is 138 Å². The molecule has 0 bridgehead atoms. The Morgan fingerprint density at radius 1 is 1.39 bits per heavy atom. The lowest BCUT2D eigenvalue weighted by Crippen LogP contribution is -2.48. The van der Waals surface area contributed by atoms with E-state index in [9.17, 15) is 13.2 Å². The summed E-state index contributed by atoms with van der Waals surface area (Å²) in [4.78, 5) is 12.1. The van der Waals surface area contributed by atoms with Crippen LogP contribution in [0.3, 0.4) is 0 Å². The standard InChI is InChI=1S/C15H17NO5S2/c1-9-4-3-5-11-13(9)22-10(2)14(11)23(19,20)16-6-7-21-12(8-16)15(17)18/h3-5,12H,6-8H2,1-2H3,(H,17,18). The molecule has 1 N–H and O–H groups in total. The molecule has 1 aliphatic heterocycles. The average Bonchev–Trinajstić information content (AvgIpc) is 2.85. The molecule has 8 heteroatoms. The van der Waals surface area contributed by atoms with Gasteiger partial charge >= 0.3 is 5.97 Å². The van der Waals surface area contributed by atoms with Crippen molar-refractivity contribution in [2.75, 3.05) is 19.7 Å². The number of sulfonamides is 1. The molecule has 1 aromatic carbocycles. The Morgan fingerprint density at radius 2 is 2.13 bits per heavy atom. The summed E-state index contributed by atoms with van der Waals surface area (Å²) in [5, 5.41) is 9.77. The smallest absolute Gasteiger partial charge is 0.334 e. The van der Waals surface area contributed by atoms with Gasteiger partial charge < -0.3 is 9.84 Å². The van der Waals surface area contributed by atoms with Crippen LogP contribution in [0.5, 0.6) is 0 Å². The predicted octanol–water partition coefficient (Wildman–Crippen LogP) is 1.99. The molecular weight excluding hydrogens is 338 g/mol. The predicted molar refractivity (Wildman–Crippen MR) is 87.4 cm³/mol. The van der Waals surface area contributed by atoms with Gasteiger partial charge in [-0.25, -0.2) is 13.2 Å². The zero-order valence-corrected chi connectivity index (χ0v) is 14.4. The van der Waals surface area contributed by atoms with Crippen LogP contribution in [-0.4, -0.2) is 49.6 Å². The van der Waals surface area contributed by atoms with Gasteiger partial charge in [0.05, 0.1) is 13.2 Å². The normalized spacial score (nSPS) is 20.0. The van der Waals surface area contributed by atoms with Gasteiger partial charge in [-0.2, -0.15) is 4.31 Å². The number of nitrogens with zero attached hydrogens (tertiary/aromatic N) is 1. The number of aryl methyl sites for hydroxylation is 2. The van der Waals surface area contributed by atoms with Gasteiger partial charge in [0.1, 0.15) is 4.90 Å². The first-order chi connectivity index (χ1) is 10.8. The number of carboxylic acids is 1. The molecule has 0 radical (unpaired) electrons. The fourth-order valence-corrected chi connectivity index (χ4v) is 6.04. The van der Waals surface area contributed by atoms with E-state index in [0.717, 1.165) is 10.3 Å². The van der Waals surface area contributed by atoms with Crippen molar-refractivity contribution in [3.05, 3.63) is 28.6 Å². The van der Waals surface area contributed by atoms with Crippen molar-refractivity contribution >= 4 is 37.4 Å². The number of carboxylic acid groups (broad SMARTS) is 1. The number of aliphatic carboxylic acids is 1. The monoisotopic (exact) mass is 355 g/mol. The molecule has 2 aromatic rings. The first kappa shape index (κ1) is 16.4. The van der Waals surface area contributed by atoms with Crippen LogP contribution >= 0.6 is 11.3 Å². The highest BCUT2D eigenvalue weighted by Crippen LogP contribution is 2.37. The molecular formula is C15H17NO5S2. The average molecular weight is 355 g/mol. The minimum absolute atomic E-state index is 0.0797. The molecule has 6 nitrogen and oxygen atoms in total. The van der Waals surface area contributed by atoms with Gasteiger partial charge in [0.2, 0.25) is 10.0 Å². The van der Waals surface area contributed by atoms with E-state index in [1.165, 1.54) is 15.6 Å². The molecule has 3 rings (SSSR count). The fourth-order valence-electron chi connectivity index (χ4n) is 2.80. The molecule has 23 heavy (non-hydrogen) atoms. The summed E-state index contributed by atoms with van der Waals surface area (Å²) in [7, 11) is -3.76. The second-order valence-electron chi connectivity index (χ2n) is 5.50. The van der Waals surface area contributed by atoms with E-state index in [1.54, 1.807) is 13.0 Å². The van der Waals surface area contributed by atoms with Gasteiger partial charge in [0, 0.05) is 21.5 Å². The first-order valence-corrected chi connectivity index (χ1v) is 9.41. The van der Waals surface area contributed by atoms with Crippen LogP contribution in [0.1, 0.15) is 10.4 Å². The summed E-state index contributed by atoms with van der Waals surface area (Å²) in [6, 6.07) is 5.58. The van der Waals surface area contributed by atoms with E-state index >= 15 is 0 Å². The first-order valence-electron chi connectivity index (χ1n) is 7.15. The van der Waals surface area contributed by atoms with E-state index in [4.69, 9.17) is 9.84 Å². The molecule has 0 spiro atoms. The van der Waals surface area contributed by atoms with Crippen molar-refractivity contribution in [1.29, 1.82) is 0 Å². The van der Waals surface area contributed by atoms with Crippen molar-refractivity contribution < 1.29 is 23.1 Å². The maximum absolute atomic E-state index is 13.0. The highest BCUT2D eigenvalue weighted by molar-refractivity contribution is 7.89. The zero-order valence-electron chi connectivity index (χ0n) is 12.8. The Hall–Kier alpha value is -1.48. The third kappa shape index (κ3) is 2.76. The van der Waals surface area contributed by atoms with Crippen molar-refractivity contribution in [2.45, 2.75) is 24.8 Å². The van der Waals surface area contributed by atoms with Gasteiger partial charge in [-0.15, -0.1) is 11.3 Å². The zero-order chi connectivity index (χ0) is 16.8. The molecule has 0 saturated carbocycles. The summed E-state index contributed by atoms with van der Waals surface area (Å²) >= 11 is 1.45. The van der Waals surface area contributed by atoms with Crippen molar-refractivity contribution in [1.82, 2.24) is 4.31 Å². The molecule has 1 aliphatic rings. The number of hydrogen-bond donors (Lipinski definition) is 1. The number of benzene rings is 1. The van der Waals surface area contributed by atoms with E-state index in [0.29, 0.717) is 10.3 Å². The Morgan fingerprint density at radius 3 is 2.83 bits per heavy atom. The summed E-state index contributed by atoms with van der Waals surface area (Å²) < 4.78 is 33.4. The van der Waals surface area contributed by atoms with Crippen LogP contribution in [0.15, 0.2) is 23.1 Å². The molecule has 0 amide bonds. The van der Waals surface area contributed by atoms with Crippen LogP contribution < -0.4 is 0 Å². The number of rotatable bonds is 3. The molecule has 124 valence electrons. The lowest BCUT2D eigenvalue weighted by atomic mass is 10.2. The van der Waals surface area contributed by atoms with Crippen LogP contribution in [0.2, 0.25) is 0 Å². The molecule has 1 fully saturated rings. The van der Waals surface area contributed by atoms with Crippen molar-refractivity contribution in [3.8, 4) is 0 Å². The van der Waals surface area contributed by atoms with Crippen LogP contribution in [0.25, 0.3) is 10.1 Å². The lowest BCUT2D eigenvalue weighted by Gasteiger charge is -2.30. The molecule has 1 aromatic heterocycles. The highest BCUT2D eigenvalue weighted by Gasteiger charge is 2.36. The third-order valence-electron chi connectivity index (χ3n) is 3.93. The van der Waals surface area contributed by atoms with Gasteiger partial charge in [0.25, 0.3) is 0 Å². The largest absolute Gasteiger partial charge is 0.479 e. The van der Waals surface area contributed by atoms with Crippen LogP contribution in [0, 0.1) is 13.8 Å². The minimum atomic E-state index is -3.76. The number of carbonyl (C=O) groups is 1. The Balaban J connectivity index is 2.08. The van der Waals surface area contributed by atoms with Crippen LogP contribution in [0.4, 0.5) is 0 Å². The molecule has 0 aliphatic carbocycles. The Bertz CT molecular complexity index is 871. The van der Waals surface area contributed by atoms with Crippen LogP contribution in [-0.2, 0) is 19.6 Å². The third-order valence-corrected chi connectivity index (χ3v) is 7.37. The summed E-state index contributed by atoms with van der Waals surface area (Å²) in [6.07, 6.45) is -1.12. The SMILES string of the molecule is Cc1sc2c(C)cccc2c1S(=O)(=O)N1CCOC(C(=O)O)C1. The van der Waals surface area contributed by atoms with Gasteiger partial charge in [-0.1, -0.05) is 18.2 Å². The highest BCUT2D eigenvalue weighted by atomic mass is 32.2. The second-order valence-corrected chi connectivity index (χ2v) is 8.60. The van der Waals surface area contributed by atoms with E-state index in [1.807, 2.05) is 19.1 Å². The molecule has 1 saturated heterocycles. The van der Waals surface area contributed by atoms with E-state index < -0.39 is 22.1 Å². The maximum atomic E-state index is 13.0. The number of hydrogen-bond acceptors (Lipinski definition) is 5. The fraction of sp³-hybridized carbons (Fsp3) is 0.400. The number of ether oxygens (including phenoxy) is 1. The second kappa shape index (κ2) is 5.86. The minimum Gasteiger partial charge on any atom is -0.479 e. The van der Waals surface area contributed by atoms with Crippen molar-refractivity contribution in [2.24, 2.45) is 0 Å². The van der Waals surface area contributed by atoms with Gasteiger partial charge in [-0.05, 0) is 19.4 Å². The summed E-state index contributed by atoms with van der Waals surface area (Å²) in [5.41, 5.74) is 1.03. The quantitative estimate of drug-likeness (QED) is 0.910. The van der Waals surface area contributed by atoms with Gasteiger partial charge in [-0.3, -0.25) is 0 Å². The summed E-state index contributed by atoms with van der Waals surface area (Å²) in [5.74, 6) is -1.15. The molecule has 2 heterocycles. The van der Waals surface area contributed by atoms with E-state index in [2.05, 4.69) is 0 Å². The van der Waals surface area contributed by atoms with Crippen molar-refractivity contribution in [3.63, 3.8) is 0 Å². The number of fused-ring (bicyclic) bond motifs is 1. The number of thiophene rings is 1. The Kier molecular flexibility index (Phi) is 4.18. The maximum Gasteiger partial charge on any atom is 0.334 e. The molecule has 1 atom stereocenters. The summed E-state index contributed by atoms with van der Waals surface area (Å²) in [6.45, 7) is 3.81. The topological polar surface area (TPSA) is 83.9 Å². The van der Waals surface area contributed by atoms with E-state index in [-0.39, 0.29) is 24.6 Å². The number of morpholine rings is 1.